The molecule has 2 aromatic carbocycles. The van der Waals surface area contributed by atoms with Crippen LogP contribution in [0.25, 0.3) is 0 Å². The van der Waals surface area contributed by atoms with Crippen molar-refractivity contribution in [2.75, 3.05) is 13.4 Å². The van der Waals surface area contributed by atoms with Gasteiger partial charge in [0.2, 0.25) is 5.75 Å². The van der Waals surface area contributed by atoms with Crippen LogP contribution in [0.1, 0.15) is 22.8 Å². The number of phenolic OH excluding ortho intramolecular Hbond substituents is 4. The zero-order chi connectivity index (χ0) is 21.3. The van der Waals surface area contributed by atoms with Crippen LogP contribution in [0.3, 0.4) is 0 Å². The van der Waals surface area contributed by atoms with E-state index in [2.05, 4.69) is 5.32 Å². The number of hydrogen-bond acceptors (Lipinski definition) is 9. The second-order valence-corrected chi connectivity index (χ2v) is 7.23. The zero-order valence-corrected chi connectivity index (χ0v) is 16.5. The first-order valence-corrected chi connectivity index (χ1v) is 9.82. The van der Waals surface area contributed by atoms with E-state index in [4.69, 9.17) is 9.47 Å². The molecule has 0 saturated carbocycles. The van der Waals surface area contributed by atoms with Gasteiger partial charge in [0.25, 0.3) is 5.24 Å². The smallest absolute Gasteiger partial charge is 0.279 e. The second-order valence-electron chi connectivity index (χ2n) is 6.45. The lowest BCUT2D eigenvalue weighted by Gasteiger charge is -2.33. The summed E-state index contributed by atoms with van der Waals surface area (Å²) in [6.45, 7) is -0.0595. The zero-order valence-electron chi connectivity index (χ0n) is 15.7. The maximum atomic E-state index is 11.6. The molecule has 2 unspecified atom stereocenters. The minimum Gasteiger partial charge on any atom is -0.507 e. The summed E-state index contributed by atoms with van der Waals surface area (Å²) < 4.78 is 10.8. The van der Waals surface area contributed by atoms with Gasteiger partial charge in [-0.2, -0.15) is 0 Å². The number of rotatable bonds is 4. The predicted molar refractivity (Wildman–Crippen MR) is 105 cm³/mol. The molecule has 10 heteroatoms. The summed E-state index contributed by atoms with van der Waals surface area (Å²) in [7, 11) is 1.29. The standard InChI is InChI=1S/C19H21NO8S/c1-27-18-13(23)3-8(4-14(18)24)16-15(25)5-9-11(21)6-12(22)10(17(9)28-16)7-20-19(26)29-2/h3-4,6,15-16,21-25H,5,7H2,1-2H3,(H,20,26). The molecule has 0 bridgehead atoms. The Kier molecular flexibility index (Phi) is 5.85. The Morgan fingerprint density at radius 3 is 2.41 bits per heavy atom. The molecule has 1 amide bonds. The molecule has 0 fully saturated rings. The molecular formula is C19H21NO8S. The average molecular weight is 423 g/mol. The molecule has 0 aliphatic carbocycles. The van der Waals surface area contributed by atoms with E-state index in [1.807, 2.05) is 0 Å². The maximum Gasteiger partial charge on any atom is 0.279 e. The summed E-state index contributed by atoms with van der Waals surface area (Å²) in [6.07, 6.45) is -0.531. The minimum absolute atomic E-state index is 0.0108. The SMILES string of the molecule is COc1c(O)cc(C2Oc3c(CNC(=O)SC)c(O)cc(O)c3CC2O)cc1O. The molecule has 2 atom stereocenters. The second kappa shape index (κ2) is 8.18. The average Bonchev–Trinajstić information content (AvgIpc) is 2.67. The molecule has 29 heavy (non-hydrogen) atoms. The van der Waals surface area contributed by atoms with Crippen LogP contribution < -0.4 is 14.8 Å². The first-order chi connectivity index (χ1) is 13.8. The van der Waals surface area contributed by atoms with Gasteiger partial charge in [0.15, 0.2) is 17.6 Å². The van der Waals surface area contributed by atoms with E-state index >= 15 is 0 Å². The fourth-order valence-corrected chi connectivity index (χ4v) is 3.48. The number of amides is 1. The Balaban J connectivity index is 2.02. The van der Waals surface area contributed by atoms with E-state index in [1.54, 1.807) is 6.26 Å². The summed E-state index contributed by atoms with van der Waals surface area (Å²) in [6, 6.07) is 3.70. The lowest BCUT2D eigenvalue weighted by Crippen LogP contribution is -2.31. The quantitative estimate of drug-likeness (QED) is 0.435. The molecule has 0 spiro atoms. The van der Waals surface area contributed by atoms with Gasteiger partial charge in [-0.15, -0.1) is 0 Å². The van der Waals surface area contributed by atoms with Gasteiger partial charge in [-0.05, 0) is 18.4 Å². The number of benzene rings is 2. The number of thioether (sulfide) groups is 1. The molecule has 0 aromatic heterocycles. The highest BCUT2D eigenvalue weighted by atomic mass is 32.2. The molecule has 6 N–H and O–H groups in total. The number of nitrogens with one attached hydrogen (secondary N) is 1. The third kappa shape index (κ3) is 3.94. The van der Waals surface area contributed by atoms with Crippen molar-refractivity contribution < 1.29 is 39.8 Å². The van der Waals surface area contributed by atoms with Crippen LogP contribution in [-0.2, 0) is 13.0 Å². The molecule has 1 aliphatic heterocycles. The maximum absolute atomic E-state index is 11.6. The van der Waals surface area contributed by atoms with Crippen molar-refractivity contribution in [3.05, 3.63) is 34.9 Å². The number of aromatic hydroxyl groups is 4. The number of aliphatic hydroxyl groups excluding tert-OH is 1. The highest BCUT2D eigenvalue weighted by molar-refractivity contribution is 8.12. The van der Waals surface area contributed by atoms with Gasteiger partial charge in [0, 0.05) is 23.6 Å². The Morgan fingerprint density at radius 1 is 1.17 bits per heavy atom. The Labute approximate surface area is 170 Å². The number of phenols is 4. The fraction of sp³-hybridized carbons (Fsp3) is 0.316. The van der Waals surface area contributed by atoms with Gasteiger partial charge in [-0.1, -0.05) is 11.8 Å². The van der Waals surface area contributed by atoms with E-state index in [9.17, 15) is 30.3 Å². The lowest BCUT2D eigenvalue weighted by molar-refractivity contribution is 0.0188. The highest BCUT2D eigenvalue weighted by Crippen LogP contribution is 2.47. The Hall–Kier alpha value is -2.98. The number of hydrogen-bond donors (Lipinski definition) is 6. The van der Waals surface area contributed by atoms with E-state index in [1.165, 1.54) is 19.2 Å². The third-order valence-electron chi connectivity index (χ3n) is 4.65. The van der Waals surface area contributed by atoms with Gasteiger partial charge < -0.3 is 40.3 Å². The van der Waals surface area contributed by atoms with Crippen LogP contribution in [0.5, 0.6) is 34.5 Å². The van der Waals surface area contributed by atoms with Gasteiger partial charge in [0.05, 0.1) is 25.3 Å². The van der Waals surface area contributed by atoms with E-state index < -0.39 is 12.2 Å². The normalized spacial score (nSPS) is 17.9. The van der Waals surface area contributed by atoms with Crippen LogP contribution in [0.4, 0.5) is 4.79 Å². The number of aliphatic hydroxyl groups is 1. The van der Waals surface area contributed by atoms with Crippen molar-refractivity contribution in [3.8, 4) is 34.5 Å². The van der Waals surface area contributed by atoms with Gasteiger partial charge >= 0.3 is 0 Å². The largest absolute Gasteiger partial charge is 0.507 e. The number of fused-ring (bicyclic) bond motifs is 1. The van der Waals surface area contributed by atoms with E-state index in [-0.39, 0.29) is 69.4 Å². The third-order valence-corrected chi connectivity index (χ3v) is 5.16. The Bertz CT molecular complexity index is 925. The molecule has 156 valence electrons. The van der Waals surface area contributed by atoms with Crippen LogP contribution in [0, 0.1) is 0 Å². The monoisotopic (exact) mass is 423 g/mol. The summed E-state index contributed by atoms with van der Waals surface area (Å²) in [5, 5.41) is 53.4. The molecule has 9 nitrogen and oxygen atoms in total. The van der Waals surface area contributed by atoms with Crippen molar-refractivity contribution in [1.82, 2.24) is 5.32 Å². The molecule has 2 aromatic rings. The van der Waals surface area contributed by atoms with Gasteiger partial charge in [0.1, 0.15) is 17.2 Å². The molecule has 3 rings (SSSR count). The van der Waals surface area contributed by atoms with E-state index in [0.717, 1.165) is 17.8 Å². The summed E-state index contributed by atoms with van der Waals surface area (Å²) in [5.41, 5.74) is 0.779. The first-order valence-electron chi connectivity index (χ1n) is 8.59. The number of carbonyl (C=O) groups excluding carboxylic acids is 1. The van der Waals surface area contributed by atoms with Crippen molar-refractivity contribution >= 4 is 17.0 Å². The van der Waals surface area contributed by atoms with Crippen LogP contribution >= 0.6 is 11.8 Å². The van der Waals surface area contributed by atoms with E-state index in [0.29, 0.717) is 0 Å². The first kappa shape index (κ1) is 20.7. The van der Waals surface area contributed by atoms with Crippen molar-refractivity contribution in [2.24, 2.45) is 0 Å². The summed E-state index contributed by atoms with van der Waals surface area (Å²) >= 11 is 0.966. The van der Waals surface area contributed by atoms with Crippen molar-refractivity contribution in [1.29, 1.82) is 0 Å². The number of methoxy groups -OCH3 is 1. The number of carbonyl (C=O) groups is 1. The molecule has 0 radical (unpaired) electrons. The van der Waals surface area contributed by atoms with Crippen LogP contribution in [0.2, 0.25) is 0 Å². The van der Waals surface area contributed by atoms with Crippen molar-refractivity contribution in [2.45, 2.75) is 25.2 Å². The summed E-state index contributed by atoms with van der Waals surface area (Å²) in [5.74, 6) is -1.21. The molecule has 1 aliphatic rings. The van der Waals surface area contributed by atoms with Crippen LogP contribution in [-0.4, -0.2) is 50.2 Å². The Morgan fingerprint density at radius 2 is 1.83 bits per heavy atom. The van der Waals surface area contributed by atoms with Gasteiger partial charge in [-0.3, -0.25) is 4.79 Å². The lowest BCUT2D eigenvalue weighted by atomic mass is 9.92. The minimum atomic E-state index is -1.11. The number of ether oxygens (including phenoxy) is 2. The van der Waals surface area contributed by atoms with Crippen LogP contribution in [0.15, 0.2) is 18.2 Å². The summed E-state index contributed by atoms with van der Waals surface area (Å²) in [4.78, 5) is 11.6. The highest BCUT2D eigenvalue weighted by Gasteiger charge is 2.35. The predicted octanol–water partition coefficient (Wildman–Crippen LogP) is 2.13. The molecular weight excluding hydrogens is 402 g/mol. The molecule has 0 saturated heterocycles. The topological polar surface area (TPSA) is 149 Å². The van der Waals surface area contributed by atoms with Gasteiger partial charge in [-0.25, -0.2) is 0 Å². The van der Waals surface area contributed by atoms with Crippen molar-refractivity contribution in [3.63, 3.8) is 0 Å². The molecule has 1 heterocycles. The fourth-order valence-electron chi connectivity index (χ4n) is 3.27.